The minimum atomic E-state index is -0.416. The lowest BCUT2D eigenvalue weighted by Gasteiger charge is -2.22. The number of nitriles is 1. The van der Waals surface area contributed by atoms with Gasteiger partial charge in [-0.1, -0.05) is 11.8 Å². The third kappa shape index (κ3) is 3.26. The average molecular weight is 237 g/mol. The summed E-state index contributed by atoms with van der Waals surface area (Å²) in [5.41, 5.74) is -0.416. The molecule has 1 saturated carbocycles. The maximum Gasteiger partial charge on any atom is 0.255 e. The first-order valence-electron chi connectivity index (χ1n) is 5.43. The van der Waals surface area contributed by atoms with E-state index >= 15 is 0 Å². The van der Waals surface area contributed by atoms with Crippen LogP contribution in [0.15, 0.2) is 22.1 Å². The first-order valence-corrected chi connectivity index (χ1v) is 6.42. The quantitative estimate of drug-likeness (QED) is 0.768. The molecule has 1 fully saturated rings. The van der Waals surface area contributed by atoms with E-state index in [4.69, 9.17) is 9.68 Å². The van der Waals surface area contributed by atoms with Gasteiger partial charge < -0.3 is 4.42 Å². The van der Waals surface area contributed by atoms with E-state index in [9.17, 15) is 0 Å². The van der Waals surface area contributed by atoms with Crippen LogP contribution in [0.2, 0.25) is 0 Å². The summed E-state index contributed by atoms with van der Waals surface area (Å²) in [5, 5.41) is 13.2. The Bertz CT molecular complexity index is 369. The van der Waals surface area contributed by atoms with Gasteiger partial charge in [-0.05, 0) is 26.2 Å². The van der Waals surface area contributed by atoms with Crippen LogP contribution < -0.4 is 5.32 Å². The topological polar surface area (TPSA) is 61.9 Å². The SMILES string of the molecule is CC(C#N)(CCSc1ncco1)NC1CC1. The number of oxazole rings is 1. The van der Waals surface area contributed by atoms with Crippen molar-refractivity contribution >= 4 is 11.8 Å². The number of aromatic nitrogens is 1. The Balaban J connectivity index is 1.76. The molecule has 0 aliphatic heterocycles. The standard InChI is InChI=1S/C11H15N3OS/c1-11(8-12,14-9-2-3-9)4-7-16-10-13-5-6-15-10/h5-6,9,14H,2-4,7H2,1H3. The minimum absolute atomic E-state index is 0.416. The fourth-order valence-electron chi connectivity index (χ4n) is 1.46. The second-order valence-electron chi connectivity index (χ2n) is 4.26. The van der Waals surface area contributed by atoms with Crippen LogP contribution in [-0.4, -0.2) is 22.3 Å². The molecule has 1 N–H and O–H groups in total. The van der Waals surface area contributed by atoms with Crippen molar-refractivity contribution in [2.24, 2.45) is 0 Å². The fourth-order valence-corrected chi connectivity index (χ4v) is 2.41. The van der Waals surface area contributed by atoms with E-state index in [0.717, 1.165) is 12.2 Å². The Morgan fingerprint density at radius 3 is 3.12 bits per heavy atom. The number of thioether (sulfide) groups is 1. The Kier molecular flexibility index (Phi) is 3.52. The van der Waals surface area contributed by atoms with Gasteiger partial charge >= 0.3 is 0 Å². The van der Waals surface area contributed by atoms with Gasteiger partial charge in [0, 0.05) is 11.8 Å². The smallest absolute Gasteiger partial charge is 0.255 e. The van der Waals surface area contributed by atoms with Crippen molar-refractivity contribution in [3.05, 3.63) is 12.5 Å². The second-order valence-corrected chi connectivity index (χ2v) is 5.31. The highest BCUT2D eigenvalue weighted by molar-refractivity contribution is 7.99. The highest BCUT2D eigenvalue weighted by atomic mass is 32.2. The number of nitrogens with zero attached hydrogens (tertiary/aromatic N) is 2. The van der Waals surface area contributed by atoms with Crippen molar-refractivity contribution in [3.63, 3.8) is 0 Å². The zero-order chi connectivity index (χ0) is 11.4. The molecular formula is C11H15N3OS. The Morgan fingerprint density at radius 1 is 1.75 bits per heavy atom. The third-order valence-corrected chi connectivity index (χ3v) is 3.44. The summed E-state index contributed by atoms with van der Waals surface area (Å²) < 4.78 is 5.12. The van der Waals surface area contributed by atoms with Crippen LogP contribution in [0.4, 0.5) is 0 Å². The summed E-state index contributed by atoms with van der Waals surface area (Å²) in [6, 6.07) is 2.91. The zero-order valence-corrected chi connectivity index (χ0v) is 10.1. The maximum absolute atomic E-state index is 9.16. The van der Waals surface area contributed by atoms with Crippen LogP contribution in [0.25, 0.3) is 0 Å². The van der Waals surface area contributed by atoms with Crippen LogP contribution in [0, 0.1) is 11.3 Å². The summed E-state index contributed by atoms with van der Waals surface area (Å²) in [6.07, 6.45) is 6.39. The van der Waals surface area contributed by atoms with E-state index in [2.05, 4.69) is 16.4 Å². The Morgan fingerprint density at radius 2 is 2.56 bits per heavy atom. The van der Waals surface area contributed by atoms with Crippen LogP contribution in [-0.2, 0) is 0 Å². The highest BCUT2D eigenvalue weighted by Crippen LogP contribution is 2.25. The molecule has 0 bridgehead atoms. The van der Waals surface area contributed by atoms with Gasteiger partial charge in [0.2, 0.25) is 0 Å². The van der Waals surface area contributed by atoms with E-state index < -0.39 is 5.54 Å². The molecular weight excluding hydrogens is 222 g/mol. The predicted octanol–water partition coefficient (Wildman–Crippen LogP) is 2.19. The summed E-state index contributed by atoms with van der Waals surface area (Å²) >= 11 is 1.55. The largest absolute Gasteiger partial charge is 0.440 e. The van der Waals surface area contributed by atoms with Gasteiger partial charge in [0.25, 0.3) is 5.22 Å². The zero-order valence-electron chi connectivity index (χ0n) is 9.27. The molecule has 16 heavy (non-hydrogen) atoms. The van der Waals surface area contributed by atoms with Crippen LogP contribution >= 0.6 is 11.8 Å². The van der Waals surface area contributed by atoms with Crippen LogP contribution in [0.5, 0.6) is 0 Å². The Labute approximate surface area is 99.4 Å². The van der Waals surface area contributed by atoms with E-state index in [1.165, 1.54) is 12.8 Å². The van der Waals surface area contributed by atoms with E-state index in [-0.39, 0.29) is 0 Å². The molecule has 86 valence electrons. The first kappa shape index (κ1) is 11.5. The minimum Gasteiger partial charge on any atom is -0.440 e. The molecule has 0 amide bonds. The molecule has 0 spiro atoms. The van der Waals surface area contributed by atoms with Crippen LogP contribution in [0.3, 0.4) is 0 Å². The van der Waals surface area contributed by atoms with E-state index in [1.54, 1.807) is 24.2 Å². The second kappa shape index (κ2) is 4.89. The van der Waals surface area contributed by atoms with Gasteiger partial charge in [-0.25, -0.2) is 4.98 Å². The summed E-state index contributed by atoms with van der Waals surface area (Å²) in [6.45, 7) is 1.96. The van der Waals surface area contributed by atoms with Crippen molar-refractivity contribution in [2.45, 2.75) is 43.0 Å². The lowest BCUT2D eigenvalue weighted by molar-refractivity contribution is 0.430. The molecule has 2 rings (SSSR count). The number of hydrogen-bond donors (Lipinski definition) is 1. The van der Waals surface area contributed by atoms with Crippen molar-refractivity contribution < 1.29 is 4.42 Å². The molecule has 1 aromatic heterocycles. The highest BCUT2D eigenvalue weighted by Gasteiger charge is 2.32. The molecule has 5 heteroatoms. The van der Waals surface area contributed by atoms with Crippen LogP contribution in [0.1, 0.15) is 26.2 Å². The lowest BCUT2D eigenvalue weighted by atomic mass is 10.0. The third-order valence-electron chi connectivity index (χ3n) is 2.58. The molecule has 0 radical (unpaired) electrons. The molecule has 1 heterocycles. The summed E-state index contributed by atoms with van der Waals surface area (Å²) in [5.74, 6) is 0.838. The van der Waals surface area contributed by atoms with Gasteiger partial charge in [0.1, 0.15) is 11.8 Å². The Hall–Kier alpha value is -0.990. The van der Waals surface area contributed by atoms with E-state index in [1.807, 2.05) is 6.92 Å². The van der Waals surface area contributed by atoms with Gasteiger partial charge in [-0.3, -0.25) is 5.32 Å². The van der Waals surface area contributed by atoms with Crippen molar-refractivity contribution in [3.8, 4) is 6.07 Å². The molecule has 0 aromatic carbocycles. The molecule has 1 unspecified atom stereocenters. The fraction of sp³-hybridized carbons (Fsp3) is 0.636. The summed E-state index contributed by atoms with van der Waals surface area (Å²) in [4.78, 5) is 4.03. The molecule has 0 saturated heterocycles. The molecule has 1 atom stereocenters. The van der Waals surface area contributed by atoms with Gasteiger partial charge in [-0.2, -0.15) is 5.26 Å². The van der Waals surface area contributed by atoms with Gasteiger partial charge in [0.15, 0.2) is 0 Å². The predicted molar refractivity (Wildman–Crippen MR) is 62.0 cm³/mol. The molecule has 1 aromatic rings. The average Bonchev–Trinajstić information content (AvgIpc) is 2.92. The molecule has 1 aliphatic rings. The monoisotopic (exact) mass is 237 g/mol. The van der Waals surface area contributed by atoms with Crippen molar-refractivity contribution in [1.82, 2.24) is 10.3 Å². The number of nitrogens with one attached hydrogen (secondary N) is 1. The van der Waals surface area contributed by atoms with Crippen molar-refractivity contribution in [1.29, 1.82) is 5.26 Å². The van der Waals surface area contributed by atoms with Gasteiger partial charge in [-0.15, -0.1) is 0 Å². The van der Waals surface area contributed by atoms with E-state index in [0.29, 0.717) is 11.3 Å². The number of hydrogen-bond acceptors (Lipinski definition) is 5. The lowest BCUT2D eigenvalue weighted by Crippen LogP contribution is -2.42. The normalized spacial score (nSPS) is 19.0. The molecule has 4 nitrogen and oxygen atoms in total. The maximum atomic E-state index is 9.16. The van der Waals surface area contributed by atoms with Gasteiger partial charge in [0.05, 0.1) is 12.3 Å². The molecule has 1 aliphatic carbocycles. The first-order chi connectivity index (χ1) is 7.72. The summed E-state index contributed by atoms with van der Waals surface area (Å²) in [7, 11) is 0. The van der Waals surface area contributed by atoms with Crippen molar-refractivity contribution in [2.75, 3.05) is 5.75 Å². The number of rotatable bonds is 6.